The number of para-hydroxylation sites is 1. The molecule has 0 N–H and O–H groups in total. The molecule has 2 heterocycles. The molecule has 4 nitrogen and oxygen atoms in total. The third kappa shape index (κ3) is 5.47. The predicted octanol–water partition coefficient (Wildman–Crippen LogP) is 7.04. The second-order valence-corrected chi connectivity index (χ2v) is 10.4. The lowest BCUT2D eigenvalue weighted by molar-refractivity contribution is -0.114. The van der Waals surface area contributed by atoms with Crippen molar-refractivity contribution in [2.75, 3.05) is 18.0 Å². The molecule has 1 fully saturated rings. The molecule has 3 aromatic carbocycles. The summed E-state index contributed by atoms with van der Waals surface area (Å²) < 4.78 is 0. The maximum atomic E-state index is 13.5. The Morgan fingerprint density at radius 2 is 1.66 bits per heavy atom. The Hall–Kier alpha value is -3.02. The van der Waals surface area contributed by atoms with Gasteiger partial charge in [-0.2, -0.15) is 0 Å². The molecule has 2 aliphatic heterocycles. The average Bonchev–Trinajstić information content (AvgIpc) is 3.16. The van der Waals surface area contributed by atoms with E-state index in [9.17, 15) is 9.59 Å². The molecule has 6 heteroatoms. The van der Waals surface area contributed by atoms with Crippen LogP contribution < -0.4 is 4.90 Å². The molecule has 0 spiro atoms. The SMILES string of the molecule is O=C(c1ccc(/C=C2/Sc3ccccc3N(Cc3cccc(Cl)c3)C2=O)cc1)N1CCCCCC1. The number of halogens is 1. The first-order valence-corrected chi connectivity index (χ1v) is 13.2. The summed E-state index contributed by atoms with van der Waals surface area (Å²) in [6, 6.07) is 23.1. The van der Waals surface area contributed by atoms with Gasteiger partial charge in [-0.15, -0.1) is 0 Å². The molecule has 0 bridgehead atoms. The van der Waals surface area contributed by atoms with Crippen LogP contribution in [-0.2, 0) is 11.3 Å². The number of benzene rings is 3. The molecular weight excluding hydrogens is 476 g/mol. The van der Waals surface area contributed by atoms with E-state index in [0.29, 0.717) is 22.0 Å². The van der Waals surface area contributed by atoms with Crippen LogP contribution in [0.25, 0.3) is 6.08 Å². The molecular formula is C29H27ClN2O2S. The van der Waals surface area contributed by atoms with Crippen LogP contribution in [0.1, 0.15) is 47.2 Å². The Morgan fingerprint density at radius 3 is 2.40 bits per heavy atom. The van der Waals surface area contributed by atoms with Crippen LogP contribution in [0.4, 0.5) is 5.69 Å². The lowest BCUT2D eigenvalue weighted by Gasteiger charge is -2.30. The molecule has 0 unspecified atom stereocenters. The van der Waals surface area contributed by atoms with Gasteiger partial charge in [0.2, 0.25) is 0 Å². The van der Waals surface area contributed by atoms with E-state index in [1.165, 1.54) is 24.6 Å². The Labute approximate surface area is 215 Å². The number of nitrogens with zero attached hydrogens (tertiary/aromatic N) is 2. The highest BCUT2D eigenvalue weighted by atomic mass is 35.5. The molecule has 35 heavy (non-hydrogen) atoms. The summed E-state index contributed by atoms with van der Waals surface area (Å²) in [6.07, 6.45) is 6.44. The molecule has 1 saturated heterocycles. The Balaban J connectivity index is 1.39. The quantitative estimate of drug-likeness (QED) is 0.359. The molecule has 2 amide bonds. The fourth-order valence-corrected chi connectivity index (χ4v) is 5.84. The van der Waals surface area contributed by atoms with E-state index < -0.39 is 0 Å². The maximum Gasteiger partial charge on any atom is 0.265 e. The van der Waals surface area contributed by atoms with Gasteiger partial charge < -0.3 is 9.80 Å². The Bertz CT molecular complexity index is 1260. The van der Waals surface area contributed by atoms with Crippen molar-refractivity contribution in [1.82, 2.24) is 4.90 Å². The number of likely N-dealkylation sites (tertiary alicyclic amines) is 1. The molecule has 0 atom stereocenters. The summed E-state index contributed by atoms with van der Waals surface area (Å²) in [6.45, 7) is 2.10. The summed E-state index contributed by atoms with van der Waals surface area (Å²) in [5.41, 5.74) is 3.47. The number of carbonyl (C=O) groups is 2. The highest BCUT2D eigenvalue weighted by molar-refractivity contribution is 8.04. The minimum absolute atomic E-state index is 0.0432. The summed E-state index contributed by atoms with van der Waals surface area (Å²) in [5.74, 6) is 0.0502. The third-order valence-corrected chi connectivity index (χ3v) is 7.72. The lowest BCUT2D eigenvalue weighted by Crippen LogP contribution is -2.33. The standard InChI is InChI=1S/C29H27ClN2O2S/c30-24-9-7-8-22(18-24)20-32-25-10-3-4-11-26(25)35-27(29(32)34)19-21-12-14-23(15-13-21)28(33)31-16-5-1-2-6-17-31/h3-4,7-15,18-19H,1-2,5-6,16-17,20H2/b27-19+. The van der Waals surface area contributed by atoms with Crippen LogP contribution >= 0.6 is 23.4 Å². The van der Waals surface area contributed by atoms with E-state index in [4.69, 9.17) is 11.6 Å². The van der Waals surface area contributed by atoms with Crippen molar-refractivity contribution in [2.24, 2.45) is 0 Å². The number of thioether (sulfide) groups is 1. The van der Waals surface area contributed by atoms with E-state index in [1.54, 1.807) is 4.90 Å². The second-order valence-electron chi connectivity index (χ2n) is 8.93. The van der Waals surface area contributed by atoms with Gasteiger partial charge in [-0.05, 0) is 66.4 Å². The predicted molar refractivity (Wildman–Crippen MR) is 144 cm³/mol. The van der Waals surface area contributed by atoms with Crippen LogP contribution in [0, 0.1) is 0 Å². The van der Waals surface area contributed by atoms with Gasteiger partial charge in [0.1, 0.15) is 0 Å². The van der Waals surface area contributed by atoms with Gasteiger partial charge in [0.05, 0.1) is 17.1 Å². The van der Waals surface area contributed by atoms with Crippen LogP contribution in [0.15, 0.2) is 82.6 Å². The fraction of sp³-hybridized carbons (Fsp3) is 0.241. The second kappa shape index (κ2) is 10.7. The largest absolute Gasteiger partial charge is 0.339 e. The van der Waals surface area contributed by atoms with E-state index in [-0.39, 0.29) is 11.8 Å². The van der Waals surface area contributed by atoms with Gasteiger partial charge in [0.15, 0.2) is 0 Å². The van der Waals surface area contributed by atoms with Gasteiger partial charge in [0, 0.05) is 28.6 Å². The topological polar surface area (TPSA) is 40.6 Å². The first kappa shape index (κ1) is 23.7. The highest BCUT2D eigenvalue weighted by Gasteiger charge is 2.29. The lowest BCUT2D eigenvalue weighted by atomic mass is 10.1. The Morgan fingerprint density at radius 1 is 0.914 bits per heavy atom. The monoisotopic (exact) mass is 502 g/mol. The van der Waals surface area contributed by atoms with E-state index >= 15 is 0 Å². The summed E-state index contributed by atoms with van der Waals surface area (Å²) in [4.78, 5) is 31.9. The molecule has 2 aliphatic rings. The van der Waals surface area contributed by atoms with E-state index in [0.717, 1.165) is 47.6 Å². The van der Waals surface area contributed by atoms with Gasteiger partial charge in [-0.3, -0.25) is 9.59 Å². The third-order valence-electron chi connectivity index (χ3n) is 6.41. The zero-order chi connectivity index (χ0) is 24.2. The van der Waals surface area contributed by atoms with Crippen molar-refractivity contribution in [3.05, 3.63) is 99.4 Å². The van der Waals surface area contributed by atoms with Crippen molar-refractivity contribution < 1.29 is 9.59 Å². The number of carbonyl (C=O) groups excluding carboxylic acids is 2. The van der Waals surface area contributed by atoms with Crippen LogP contribution in [0.5, 0.6) is 0 Å². The van der Waals surface area contributed by atoms with Gasteiger partial charge in [-0.1, -0.05) is 72.6 Å². The molecule has 3 aromatic rings. The number of hydrogen-bond acceptors (Lipinski definition) is 3. The smallest absolute Gasteiger partial charge is 0.265 e. The highest BCUT2D eigenvalue weighted by Crippen LogP contribution is 2.42. The fourth-order valence-electron chi connectivity index (χ4n) is 4.57. The van der Waals surface area contributed by atoms with Crippen LogP contribution in [0.2, 0.25) is 5.02 Å². The van der Waals surface area contributed by atoms with Crippen LogP contribution in [0.3, 0.4) is 0 Å². The van der Waals surface area contributed by atoms with E-state index in [2.05, 4.69) is 0 Å². The van der Waals surface area contributed by atoms with Crippen LogP contribution in [-0.4, -0.2) is 29.8 Å². The normalized spacial score (nSPS) is 17.3. The molecule has 178 valence electrons. The summed E-state index contributed by atoms with van der Waals surface area (Å²) in [7, 11) is 0. The van der Waals surface area contributed by atoms with Gasteiger partial charge in [0.25, 0.3) is 11.8 Å². The minimum Gasteiger partial charge on any atom is -0.339 e. The molecule has 0 aliphatic carbocycles. The first-order valence-electron chi connectivity index (χ1n) is 12.0. The number of hydrogen-bond donors (Lipinski definition) is 0. The zero-order valence-electron chi connectivity index (χ0n) is 19.5. The zero-order valence-corrected chi connectivity index (χ0v) is 21.0. The summed E-state index contributed by atoms with van der Waals surface area (Å²) >= 11 is 7.66. The maximum absolute atomic E-state index is 13.5. The first-order chi connectivity index (χ1) is 17.1. The van der Waals surface area contributed by atoms with E-state index in [1.807, 2.05) is 83.8 Å². The van der Waals surface area contributed by atoms with Crippen molar-refractivity contribution in [1.29, 1.82) is 0 Å². The number of fused-ring (bicyclic) bond motifs is 1. The number of anilines is 1. The number of amides is 2. The summed E-state index contributed by atoms with van der Waals surface area (Å²) in [5, 5.41) is 0.653. The number of rotatable bonds is 4. The Kier molecular flexibility index (Phi) is 7.26. The molecule has 0 saturated carbocycles. The minimum atomic E-state index is -0.0432. The molecule has 0 radical (unpaired) electrons. The van der Waals surface area contributed by atoms with Crippen molar-refractivity contribution >= 4 is 46.9 Å². The van der Waals surface area contributed by atoms with Crippen molar-refractivity contribution in [3.8, 4) is 0 Å². The van der Waals surface area contributed by atoms with Gasteiger partial charge >= 0.3 is 0 Å². The average molecular weight is 503 g/mol. The molecule has 0 aromatic heterocycles. The van der Waals surface area contributed by atoms with Crippen molar-refractivity contribution in [3.63, 3.8) is 0 Å². The molecule has 5 rings (SSSR count). The van der Waals surface area contributed by atoms with Crippen molar-refractivity contribution in [2.45, 2.75) is 37.1 Å². The van der Waals surface area contributed by atoms with Gasteiger partial charge in [-0.25, -0.2) is 0 Å².